The van der Waals surface area contributed by atoms with Crippen LogP contribution in [0.15, 0.2) is 58.6 Å². The van der Waals surface area contributed by atoms with Gasteiger partial charge < -0.3 is 24.4 Å². The zero-order valence-corrected chi connectivity index (χ0v) is 23.0. The van der Waals surface area contributed by atoms with Crippen molar-refractivity contribution in [2.75, 3.05) is 26.7 Å². The smallest absolute Gasteiger partial charge is 0.258 e. The van der Waals surface area contributed by atoms with Gasteiger partial charge in [0.25, 0.3) is 11.8 Å². The minimum absolute atomic E-state index is 0. The number of carbonyl (C=O) groups is 2. The third-order valence-corrected chi connectivity index (χ3v) is 7.40. The second kappa shape index (κ2) is 14.2. The molecule has 2 amide bonds. The highest BCUT2D eigenvalue weighted by Crippen LogP contribution is 2.32. The van der Waals surface area contributed by atoms with Crippen LogP contribution in [0, 0.1) is 20.8 Å². The van der Waals surface area contributed by atoms with Gasteiger partial charge in [0, 0.05) is 18.5 Å². The molecule has 0 saturated carbocycles. The number of fused-ring (bicyclic) bond motifs is 4. The molecule has 0 aromatic heterocycles. The van der Waals surface area contributed by atoms with Crippen LogP contribution in [0.3, 0.4) is 0 Å². The number of rotatable bonds is 0. The summed E-state index contributed by atoms with van der Waals surface area (Å²) < 4.78 is 10.6. The molecule has 1 aliphatic carbocycles. The number of aromatic hydroxyl groups is 1. The number of ether oxygens (including phenoxy) is 2. The van der Waals surface area contributed by atoms with Gasteiger partial charge in [-0.1, -0.05) is 39.2 Å². The number of nitrogens with zero attached hydrogens (tertiary/aromatic N) is 4. The highest BCUT2D eigenvalue weighted by molar-refractivity contribution is 6.03. The fourth-order valence-corrected chi connectivity index (χ4v) is 4.81. The van der Waals surface area contributed by atoms with Gasteiger partial charge in [-0.05, 0) is 68.5 Å². The van der Waals surface area contributed by atoms with Crippen molar-refractivity contribution in [1.82, 2.24) is 9.80 Å². The molecule has 2 aromatic rings. The Kier molecular flexibility index (Phi) is 11.0. The Morgan fingerprint density at radius 1 is 0.690 bits per heavy atom. The van der Waals surface area contributed by atoms with E-state index in [-0.39, 0.29) is 44.5 Å². The number of allylic oxidation sites excluding steroid dienone is 4. The fourth-order valence-electron chi connectivity index (χ4n) is 4.81. The molecule has 0 spiro atoms. The lowest BCUT2D eigenvalue weighted by molar-refractivity contribution is 0.0675. The summed E-state index contributed by atoms with van der Waals surface area (Å²) in [7, 11) is 0. The van der Waals surface area contributed by atoms with Gasteiger partial charge >= 0.3 is 0 Å². The van der Waals surface area contributed by atoms with E-state index in [0.29, 0.717) is 49.1 Å². The number of hydrogen-bond donors (Lipinski definition) is 1. The van der Waals surface area contributed by atoms with Crippen LogP contribution in [0.2, 0.25) is 0 Å². The highest BCUT2D eigenvalue weighted by atomic mass is 16.5. The number of aryl methyl sites for hydroxylation is 3. The van der Waals surface area contributed by atoms with E-state index in [1.54, 1.807) is 29.0 Å². The van der Waals surface area contributed by atoms with Crippen LogP contribution in [-0.4, -0.2) is 77.9 Å². The Labute approximate surface area is 248 Å². The van der Waals surface area contributed by atoms with Crippen LogP contribution < -0.4 is 0 Å². The minimum atomic E-state index is -0.0997. The third-order valence-electron chi connectivity index (χ3n) is 7.40. The van der Waals surface area contributed by atoms with Crippen molar-refractivity contribution in [1.29, 1.82) is 0 Å². The Morgan fingerprint density at radius 2 is 1.12 bits per heavy atom. The maximum absolute atomic E-state index is 12.3. The van der Waals surface area contributed by atoms with Gasteiger partial charge in [0.05, 0.1) is 47.8 Å². The van der Waals surface area contributed by atoms with Crippen molar-refractivity contribution in [3.05, 3.63) is 76.4 Å². The largest absolute Gasteiger partial charge is 0.508 e. The van der Waals surface area contributed by atoms with Crippen molar-refractivity contribution in [3.63, 3.8) is 0 Å². The molecule has 2 saturated heterocycles. The molecule has 2 atom stereocenters. The Bertz CT molecular complexity index is 1310. The van der Waals surface area contributed by atoms with Gasteiger partial charge in [-0.2, -0.15) is 0 Å². The molecule has 42 heavy (non-hydrogen) atoms. The monoisotopic (exact) mass is 574 g/mol. The van der Waals surface area contributed by atoms with E-state index in [1.807, 2.05) is 32.2 Å². The molecule has 0 unspecified atom stereocenters. The first-order chi connectivity index (χ1) is 19.3. The number of aliphatic imine (C=N–C) groups is 2. The Hall–Kier alpha value is -4.08. The summed E-state index contributed by atoms with van der Waals surface area (Å²) in [5.74, 6) is 0.0817. The fraction of sp³-hybridized carbons (Fsp3) is 0.394. The van der Waals surface area contributed by atoms with E-state index < -0.39 is 0 Å². The lowest BCUT2D eigenvalue weighted by Crippen LogP contribution is -2.36. The summed E-state index contributed by atoms with van der Waals surface area (Å²) in [5.41, 5.74) is 5.44. The molecule has 4 heterocycles. The topological polar surface area (TPSA) is 104 Å². The number of phenolic OH excluding ortho intramolecular Hbond substituents is 1. The van der Waals surface area contributed by atoms with Gasteiger partial charge in [-0.15, -0.1) is 0 Å². The summed E-state index contributed by atoms with van der Waals surface area (Å²) in [6.45, 7) is 7.49. The number of phenols is 1. The molecule has 7 rings (SSSR count). The summed E-state index contributed by atoms with van der Waals surface area (Å²) in [6, 6.07) is 6.98. The van der Waals surface area contributed by atoms with Crippen LogP contribution in [-0.2, 0) is 9.47 Å². The van der Waals surface area contributed by atoms with Crippen LogP contribution in [0.25, 0.3) is 0 Å². The molecular formula is C33H42N4O5. The van der Waals surface area contributed by atoms with Gasteiger partial charge in [-0.3, -0.25) is 19.6 Å². The maximum atomic E-state index is 12.3. The van der Waals surface area contributed by atoms with Gasteiger partial charge in [0.1, 0.15) is 19.2 Å². The SMILES string of the molecule is C.C.C1=CCC=CC1.Cc1cc2c(cc1C)C(=O)N1COC[C@H]1C=N2.Cc1cc2c(cc1O)N=C[C@@H]1COCN1C2=O. The quantitative estimate of drug-likeness (QED) is 0.378. The van der Waals surface area contributed by atoms with E-state index in [9.17, 15) is 14.7 Å². The van der Waals surface area contributed by atoms with Crippen LogP contribution in [0.1, 0.15) is 65.1 Å². The summed E-state index contributed by atoms with van der Waals surface area (Å²) in [5, 5.41) is 9.63. The van der Waals surface area contributed by atoms with E-state index in [2.05, 4.69) is 34.3 Å². The number of hydrogen-bond acceptors (Lipinski definition) is 7. The molecule has 0 bridgehead atoms. The van der Waals surface area contributed by atoms with Crippen molar-refractivity contribution >= 4 is 35.6 Å². The maximum Gasteiger partial charge on any atom is 0.258 e. The Morgan fingerprint density at radius 3 is 1.60 bits per heavy atom. The third kappa shape index (κ3) is 6.86. The average molecular weight is 575 g/mol. The van der Waals surface area contributed by atoms with Gasteiger partial charge in [-0.25, -0.2) is 0 Å². The van der Waals surface area contributed by atoms with Crippen LogP contribution in [0.4, 0.5) is 11.4 Å². The van der Waals surface area contributed by atoms with Crippen molar-refractivity contribution in [2.45, 2.75) is 60.5 Å². The van der Waals surface area contributed by atoms with Crippen LogP contribution >= 0.6 is 0 Å². The average Bonchev–Trinajstić information content (AvgIpc) is 3.60. The predicted octanol–water partition coefficient (Wildman–Crippen LogP) is 6.20. The Balaban J connectivity index is 0.000000186. The van der Waals surface area contributed by atoms with Crippen LogP contribution in [0.5, 0.6) is 5.75 Å². The molecule has 4 aliphatic heterocycles. The predicted molar refractivity (Wildman–Crippen MR) is 168 cm³/mol. The molecule has 9 nitrogen and oxygen atoms in total. The molecule has 224 valence electrons. The van der Waals surface area contributed by atoms with Crippen molar-refractivity contribution in [2.24, 2.45) is 9.98 Å². The first-order valence-electron chi connectivity index (χ1n) is 13.4. The molecular weight excluding hydrogens is 532 g/mol. The highest BCUT2D eigenvalue weighted by Gasteiger charge is 2.33. The second-order valence-electron chi connectivity index (χ2n) is 10.3. The van der Waals surface area contributed by atoms with Gasteiger partial charge in [0.2, 0.25) is 0 Å². The number of carbonyl (C=O) groups excluding carboxylic acids is 2. The molecule has 1 N–H and O–H groups in total. The molecule has 2 fully saturated rings. The lowest BCUT2D eigenvalue weighted by Gasteiger charge is -2.17. The summed E-state index contributed by atoms with van der Waals surface area (Å²) in [4.78, 5) is 36.7. The zero-order valence-electron chi connectivity index (χ0n) is 23.0. The molecule has 9 heteroatoms. The number of amides is 2. The van der Waals surface area contributed by atoms with E-state index in [4.69, 9.17) is 9.47 Å². The standard InChI is InChI=1S/C13H14N2O2.C12H12N2O3.C6H8.2CH4/c1-8-3-11-12(4-9(8)2)14-5-10-6-17-7-15(10)13(11)16;1-7-2-9-10(3-11(7)15)13-4-8-5-17-6-14(8)12(9)16;1-2-4-6-5-3-1;;/h3-5,10H,6-7H2,1-2H3;2-4,8,15H,5-6H2,1H3;1-2,5-6H,3-4H2;2*1H4/t10-;8-;;;/m11.../s1. The molecule has 0 radical (unpaired) electrons. The van der Waals surface area contributed by atoms with E-state index in [0.717, 1.165) is 29.7 Å². The molecule has 2 aromatic carbocycles. The first-order valence-corrected chi connectivity index (χ1v) is 13.4. The first kappa shape index (κ1) is 32.4. The van der Waals surface area contributed by atoms with E-state index in [1.165, 1.54) is 6.07 Å². The zero-order chi connectivity index (χ0) is 28.2. The summed E-state index contributed by atoms with van der Waals surface area (Å²) in [6.07, 6.45) is 14.5. The normalized spacial score (nSPS) is 20.7. The minimum Gasteiger partial charge on any atom is -0.508 e. The molecule has 5 aliphatic rings. The van der Waals surface area contributed by atoms with Gasteiger partial charge in [0.15, 0.2) is 0 Å². The van der Waals surface area contributed by atoms with Crippen molar-refractivity contribution in [3.8, 4) is 5.75 Å². The number of benzene rings is 2. The van der Waals surface area contributed by atoms with E-state index >= 15 is 0 Å². The lowest BCUT2D eigenvalue weighted by atomic mass is 10.0. The summed E-state index contributed by atoms with van der Waals surface area (Å²) >= 11 is 0. The van der Waals surface area contributed by atoms with Crippen molar-refractivity contribution < 1.29 is 24.2 Å². The second-order valence-corrected chi connectivity index (χ2v) is 10.3.